The molecule has 21 heavy (non-hydrogen) atoms. The van der Waals surface area contributed by atoms with E-state index in [0.717, 1.165) is 25.5 Å². The monoisotopic (exact) mass is 292 g/mol. The van der Waals surface area contributed by atoms with Crippen LogP contribution in [0.15, 0.2) is 24.3 Å². The number of ether oxygens (including phenoxy) is 2. The third-order valence-electron chi connectivity index (χ3n) is 4.23. The Morgan fingerprint density at radius 3 is 2.62 bits per heavy atom. The number of hydrogen-bond acceptors (Lipinski definition) is 4. The zero-order valence-corrected chi connectivity index (χ0v) is 13.4. The highest BCUT2D eigenvalue weighted by molar-refractivity contribution is 5.29. The number of benzene rings is 1. The van der Waals surface area contributed by atoms with Gasteiger partial charge in [0, 0.05) is 25.2 Å². The molecule has 118 valence electrons. The molecular weight excluding hydrogens is 264 g/mol. The maximum Gasteiger partial charge on any atom is 0.118 e. The van der Waals surface area contributed by atoms with Crippen LogP contribution in [-0.4, -0.2) is 44.9 Å². The van der Waals surface area contributed by atoms with Crippen molar-refractivity contribution in [2.45, 2.75) is 31.8 Å². The van der Waals surface area contributed by atoms with Crippen molar-refractivity contribution < 1.29 is 9.47 Å². The highest BCUT2D eigenvalue weighted by Gasteiger charge is 2.24. The van der Waals surface area contributed by atoms with E-state index in [1.165, 1.54) is 18.4 Å². The SMILES string of the molecule is COc1ccc(C(C(C)N)N(C)CC2CCCOC2)cc1. The summed E-state index contributed by atoms with van der Waals surface area (Å²) in [5.74, 6) is 1.49. The van der Waals surface area contributed by atoms with Gasteiger partial charge < -0.3 is 15.2 Å². The number of hydrogen-bond donors (Lipinski definition) is 1. The Hall–Kier alpha value is -1.10. The lowest BCUT2D eigenvalue weighted by Crippen LogP contribution is -2.41. The number of likely N-dealkylation sites (N-methyl/N-ethyl adjacent to an activating group) is 1. The summed E-state index contributed by atoms with van der Waals surface area (Å²) in [5, 5.41) is 0. The molecule has 1 fully saturated rings. The minimum Gasteiger partial charge on any atom is -0.497 e. The Balaban J connectivity index is 2.05. The van der Waals surface area contributed by atoms with Gasteiger partial charge in [0.15, 0.2) is 0 Å². The van der Waals surface area contributed by atoms with Gasteiger partial charge in [0.2, 0.25) is 0 Å². The Bertz CT molecular complexity index is 413. The molecule has 4 heteroatoms. The van der Waals surface area contributed by atoms with Crippen LogP contribution >= 0.6 is 0 Å². The van der Waals surface area contributed by atoms with E-state index in [-0.39, 0.29) is 12.1 Å². The molecule has 3 atom stereocenters. The van der Waals surface area contributed by atoms with E-state index in [2.05, 4.69) is 31.0 Å². The fraction of sp³-hybridized carbons (Fsp3) is 0.647. The predicted octanol–water partition coefficient (Wildman–Crippen LogP) is 2.44. The molecule has 0 bridgehead atoms. The summed E-state index contributed by atoms with van der Waals surface area (Å²) < 4.78 is 10.8. The molecule has 0 radical (unpaired) electrons. The highest BCUT2D eigenvalue weighted by Crippen LogP contribution is 2.26. The van der Waals surface area contributed by atoms with Gasteiger partial charge in [-0.25, -0.2) is 0 Å². The molecule has 1 aromatic carbocycles. The quantitative estimate of drug-likeness (QED) is 0.875. The third kappa shape index (κ3) is 4.43. The molecule has 1 aliphatic heterocycles. The Kier molecular flexibility index (Phi) is 6.03. The molecule has 1 heterocycles. The molecule has 4 nitrogen and oxygen atoms in total. The molecule has 1 aliphatic rings. The molecule has 0 saturated carbocycles. The van der Waals surface area contributed by atoms with Crippen LogP contribution in [-0.2, 0) is 4.74 Å². The highest BCUT2D eigenvalue weighted by atomic mass is 16.5. The summed E-state index contributed by atoms with van der Waals surface area (Å²) in [5.41, 5.74) is 7.48. The molecule has 0 spiro atoms. The number of methoxy groups -OCH3 is 1. The second-order valence-corrected chi connectivity index (χ2v) is 6.10. The lowest BCUT2D eigenvalue weighted by atomic mass is 9.96. The Labute approximate surface area is 128 Å². The summed E-state index contributed by atoms with van der Waals surface area (Å²) in [7, 11) is 3.85. The van der Waals surface area contributed by atoms with Crippen LogP contribution in [0, 0.1) is 5.92 Å². The van der Waals surface area contributed by atoms with E-state index in [9.17, 15) is 0 Å². The summed E-state index contributed by atoms with van der Waals surface area (Å²) in [6.45, 7) is 4.88. The lowest BCUT2D eigenvalue weighted by Gasteiger charge is -2.35. The van der Waals surface area contributed by atoms with Crippen LogP contribution in [0.2, 0.25) is 0 Å². The van der Waals surface area contributed by atoms with Crippen molar-refractivity contribution in [3.05, 3.63) is 29.8 Å². The molecule has 1 aromatic rings. The van der Waals surface area contributed by atoms with Gasteiger partial charge in [-0.3, -0.25) is 4.90 Å². The first kappa shape index (κ1) is 16.3. The van der Waals surface area contributed by atoms with E-state index in [1.807, 2.05) is 12.1 Å². The summed E-state index contributed by atoms with van der Waals surface area (Å²) >= 11 is 0. The summed E-state index contributed by atoms with van der Waals surface area (Å²) in [4.78, 5) is 2.37. The van der Waals surface area contributed by atoms with Crippen LogP contribution in [0.25, 0.3) is 0 Å². The molecule has 1 saturated heterocycles. The minimum atomic E-state index is 0.0768. The van der Waals surface area contributed by atoms with Crippen LogP contribution < -0.4 is 10.5 Å². The van der Waals surface area contributed by atoms with Gasteiger partial charge in [0.25, 0.3) is 0 Å². The maximum absolute atomic E-state index is 6.24. The topological polar surface area (TPSA) is 47.7 Å². The van der Waals surface area contributed by atoms with Gasteiger partial charge in [0.05, 0.1) is 13.7 Å². The standard InChI is InChI=1S/C17H28N2O2/c1-13(18)17(15-6-8-16(20-3)9-7-15)19(2)11-14-5-4-10-21-12-14/h6-9,13-14,17H,4-5,10-12,18H2,1-3H3. The fourth-order valence-corrected chi connectivity index (χ4v) is 3.23. The van der Waals surface area contributed by atoms with Gasteiger partial charge in [-0.15, -0.1) is 0 Å². The molecule has 2 rings (SSSR count). The number of nitrogens with two attached hydrogens (primary N) is 1. The van der Waals surface area contributed by atoms with E-state index in [4.69, 9.17) is 15.2 Å². The first-order valence-corrected chi connectivity index (χ1v) is 7.79. The second kappa shape index (κ2) is 7.78. The van der Waals surface area contributed by atoms with Gasteiger partial charge in [-0.1, -0.05) is 12.1 Å². The zero-order valence-electron chi connectivity index (χ0n) is 13.4. The van der Waals surface area contributed by atoms with Crippen LogP contribution in [0.3, 0.4) is 0 Å². The maximum atomic E-state index is 6.24. The lowest BCUT2D eigenvalue weighted by molar-refractivity contribution is 0.0344. The third-order valence-corrected chi connectivity index (χ3v) is 4.23. The molecule has 0 amide bonds. The van der Waals surface area contributed by atoms with Crippen molar-refractivity contribution in [2.75, 3.05) is 33.9 Å². The van der Waals surface area contributed by atoms with Crippen molar-refractivity contribution in [2.24, 2.45) is 11.7 Å². The molecular formula is C17H28N2O2. The van der Waals surface area contributed by atoms with Gasteiger partial charge in [-0.05, 0) is 50.4 Å². The minimum absolute atomic E-state index is 0.0768. The Morgan fingerprint density at radius 1 is 1.38 bits per heavy atom. The number of rotatable bonds is 6. The molecule has 0 aromatic heterocycles. The summed E-state index contributed by atoms with van der Waals surface area (Å²) in [6.07, 6.45) is 2.42. The average Bonchev–Trinajstić information content (AvgIpc) is 2.49. The van der Waals surface area contributed by atoms with Crippen molar-refractivity contribution in [3.8, 4) is 5.75 Å². The first-order chi connectivity index (χ1) is 10.1. The van der Waals surface area contributed by atoms with Crippen molar-refractivity contribution in [1.29, 1.82) is 0 Å². The molecule has 3 unspecified atom stereocenters. The predicted molar refractivity (Wildman–Crippen MR) is 85.6 cm³/mol. The average molecular weight is 292 g/mol. The molecule has 2 N–H and O–H groups in total. The van der Waals surface area contributed by atoms with Crippen LogP contribution in [0.5, 0.6) is 5.75 Å². The van der Waals surface area contributed by atoms with E-state index >= 15 is 0 Å². The largest absolute Gasteiger partial charge is 0.497 e. The summed E-state index contributed by atoms with van der Waals surface area (Å²) in [6, 6.07) is 8.53. The van der Waals surface area contributed by atoms with Crippen molar-refractivity contribution in [3.63, 3.8) is 0 Å². The molecule has 0 aliphatic carbocycles. The fourth-order valence-electron chi connectivity index (χ4n) is 3.23. The van der Waals surface area contributed by atoms with Crippen molar-refractivity contribution in [1.82, 2.24) is 4.90 Å². The smallest absolute Gasteiger partial charge is 0.118 e. The first-order valence-electron chi connectivity index (χ1n) is 7.79. The van der Waals surface area contributed by atoms with Crippen LogP contribution in [0.1, 0.15) is 31.4 Å². The van der Waals surface area contributed by atoms with Gasteiger partial charge in [0.1, 0.15) is 5.75 Å². The number of nitrogens with zero attached hydrogens (tertiary/aromatic N) is 1. The normalized spacial score (nSPS) is 22.0. The Morgan fingerprint density at radius 2 is 2.10 bits per heavy atom. The zero-order chi connectivity index (χ0) is 15.2. The van der Waals surface area contributed by atoms with E-state index < -0.39 is 0 Å². The van der Waals surface area contributed by atoms with Gasteiger partial charge >= 0.3 is 0 Å². The van der Waals surface area contributed by atoms with Crippen LogP contribution in [0.4, 0.5) is 0 Å². The van der Waals surface area contributed by atoms with E-state index in [1.54, 1.807) is 7.11 Å². The van der Waals surface area contributed by atoms with Gasteiger partial charge in [-0.2, -0.15) is 0 Å². The van der Waals surface area contributed by atoms with Crippen molar-refractivity contribution >= 4 is 0 Å². The second-order valence-electron chi connectivity index (χ2n) is 6.10. The van der Waals surface area contributed by atoms with E-state index in [0.29, 0.717) is 5.92 Å².